The van der Waals surface area contributed by atoms with Gasteiger partial charge in [0, 0.05) is 18.2 Å². The van der Waals surface area contributed by atoms with E-state index in [0.717, 1.165) is 12.1 Å². The molecule has 1 aliphatic heterocycles. The van der Waals surface area contributed by atoms with Gasteiger partial charge in [0.05, 0.1) is 17.7 Å². The minimum absolute atomic E-state index is 0.234. The van der Waals surface area contributed by atoms with Crippen LogP contribution in [0.1, 0.15) is 22.8 Å². The fourth-order valence-electron chi connectivity index (χ4n) is 2.80. The van der Waals surface area contributed by atoms with Gasteiger partial charge >= 0.3 is 0 Å². The number of amides is 2. The van der Waals surface area contributed by atoms with Gasteiger partial charge < -0.3 is 10.2 Å². The van der Waals surface area contributed by atoms with Gasteiger partial charge in [-0.05, 0) is 31.2 Å². The van der Waals surface area contributed by atoms with Gasteiger partial charge in [-0.15, -0.1) is 0 Å². The molecule has 0 fully saturated rings. The lowest BCUT2D eigenvalue weighted by Gasteiger charge is -2.24. The third-order valence-electron chi connectivity index (χ3n) is 3.96. The van der Waals surface area contributed by atoms with Crippen molar-refractivity contribution in [2.45, 2.75) is 19.4 Å². The third kappa shape index (κ3) is 2.99. The third-order valence-corrected chi connectivity index (χ3v) is 3.96. The molecule has 2 amide bonds. The molecule has 0 spiro atoms. The highest BCUT2D eigenvalue weighted by Crippen LogP contribution is 2.25. The minimum atomic E-state index is -0.756. The molecule has 0 aromatic heterocycles. The van der Waals surface area contributed by atoms with Gasteiger partial charge in [-0.3, -0.25) is 9.59 Å². The first kappa shape index (κ1) is 16.1. The Morgan fingerprint density at radius 1 is 1.17 bits per heavy atom. The number of para-hydroxylation sites is 1. The highest BCUT2D eigenvalue weighted by molar-refractivity contribution is 6.06. The van der Waals surface area contributed by atoms with E-state index in [0.29, 0.717) is 11.3 Å². The molecule has 2 aromatic rings. The van der Waals surface area contributed by atoms with E-state index in [4.69, 9.17) is 0 Å². The second-order valence-corrected chi connectivity index (χ2v) is 5.77. The molecular formula is C18H16F2N2O2. The monoisotopic (exact) mass is 330 g/mol. The molecule has 1 heterocycles. The number of anilines is 1. The molecule has 1 unspecified atom stereocenters. The zero-order valence-corrected chi connectivity index (χ0v) is 13.1. The van der Waals surface area contributed by atoms with E-state index in [1.54, 1.807) is 31.2 Å². The Balaban J connectivity index is 1.96. The van der Waals surface area contributed by atoms with Crippen molar-refractivity contribution in [1.29, 1.82) is 0 Å². The predicted molar refractivity (Wildman–Crippen MR) is 85.8 cm³/mol. The molecule has 1 atom stereocenters. The summed E-state index contributed by atoms with van der Waals surface area (Å²) < 4.78 is 27.6. The van der Waals surface area contributed by atoms with Gasteiger partial charge in [0.25, 0.3) is 5.91 Å². The molecule has 0 bridgehead atoms. The summed E-state index contributed by atoms with van der Waals surface area (Å²) in [4.78, 5) is 26.3. The first-order chi connectivity index (χ1) is 11.5. The number of hydrogen-bond acceptors (Lipinski definition) is 2. The number of rotatable bonds is 2. The van der Waals surface area contributed by atoms with Crippen molar-refractivity contribution in [3.63, 3.8) is 0 Å². The molecule has 1 N–H and O–H groups in total. The largest absolute Gasteiger partial charge is 0.348 e. The lowest BCUT2D eigenvalue weighted by molar-refractivity contribution is -0.118. The molecule has 4 nitrogen and oxygen atoms in total. The van der Waals surface area contributed by atoms with Crippen LogP contribution in [0.3, 0.4) is 0 Å². The number of nitrogens with zero attached hydrogens (tertiary/aromatic N) is 1. The molecule has 0 aliphatic carbocycles. The van der Waals surface area contributed by atoms with Crippen LogP contribution in [-0.2, 0) is 11.2 Å². The summed E-state index contributed by atoms with van der Waals surface area (Å²) in [5, 5.41) is 2.79. The van der Waals surface area contributed by atoms with Crippen molar-refractivity contribution in [3.8, 4) is 0 Å². The van der Waals surface area contributed by atoms with Gasteiger partial charge in [-0.25, -0.2) is 8.78 Å². The van der Waals surface area contributed by atoms with Crippen molar-refractivity contribution in [1.82, 2.24) is 5.32 Å². The highest BCUT2D eigenvalue weighted by atomic mass is 19.1. The Morgan fingerprint density at radius 2 is 1.83 bits per heavy atom. The van der Waals surface area contributed by atoms with E-state index in [9.17, 15) is 18.4 Å². The zero-order valence-electron chi connectivity index (χ0n) is 13.1. The van der Waals surface area contributed by atoms with Crippen molar-refractivity contribution < 1.29 is 18.4 Å². The summed E-state index contributed by atoms with van der Waals surface area (Å²) in [5.41, 5.74) is 0.543. The van der Waals surface area contributed by atoms with Crippen molar-refractivity contribution in [2.75, 3.05) is 11.4 Å². The molecule has 0 saturated heterocycles. The number of halogens is 2. The van der Waals surface area contributed by atoms with Gasteiger partial charge in [0.15, 0.2) is 0 Å². The lowest BCUT2D eigenvalue weighted by atomic mass is 10.1. The van der Waals surface area contributed by atoms with Gasteiger partial charge in [-0.1, -0.05) is 18.2 Å². The van der Waals surface area contributed by atoms with Gasteiger partial charge in [0.1, 0.15) is 11.6 Å². The summed E-state index contributed by atoms with van der Waals surface area (Å²) >= 11 is 0. The van der Waals surface area contributed by atoms with E-state index < -0.39 is 24.0 Å². The smallest absolute Gasteiger partial charge is 0.253 e. The lowest BCUT2D eigenvalue weighted by Crippen LogP contribution is -2.41. The Hall–Kier alpha value is -2.76. The van der Waals surface area contributed by atoms with Crippen LogP contribution in [0, 0.1) is 11.6 Å². The minimum Gasteiger partial charge on any atom is -0.348 e. The van der Waals surface area contributed by atoms with E-state index in [-0.39, 0.29) is 24.1 Å². The Morgan fingerprint density at radius 3 is 2.54 bits per heavy atom. The molecule has 2 aromatic carbocycles. The maximum absolute atomic E-state index is 13.8. The average molecular weight is 330 g/mol. The Kier molecular flexibility index (Phi) is 4.29. The van der Waals surface area contributed by atoms with Crippen molar-refractivity contribution in [3.05, 3.63) is 65.2 Å². The van der Waals surface area contributed by atoms with Gasteiger partial charge in [-0.2, -0.15) is 0 Å². The topological polar surface area (TPSA) is 49.4 Å². The first-order valence-electron chi connectivity index (χ1n) is 7.60. The Labute approximate surface area is 138 Å². The van der Waals surface area contributed by atoms with E-state index in [1.807, 2.05) is 0 Å². The fourth-order valence-corrected chi connectivity index (χ4v) is 2.80. The van der Waals surface area contributed by atoms with Crippen LogP contribution in [0.25, 0.3) is 0 Å². The maximum atomic E-state index is 13.8. The average Bonchev–Trinajstić information content (AvgIpc) is 2.68. The number of carbonyl (C=O) groups is 2. The fraction of sp³-hybridized carbons (Fsp3) is 0.222. The van der Waals surface area contributed by atoms with Crippen LogP contribution in [0.15, 0.2) is 42.5 Å². The van der Waals surface area contributed by atoms with Crippen molar-refractivity contribution in [2.24, 2.45) is 0 Å². The van der Waals surface area contributed by atoms with E-state index in [1.165, 1.54) is 11.0 Å². The van der Waals surface area contributed by atoms with Crippen LogP contribution in [0.5, 0.6) is 0 Å². The van der Waals surface area contributed by atoms with Gasteiger partial charge in [0.2, 0.25) is 5.91 Å². The quantitative estimate of drug-likeness (QED) is 0.920. The molecule has 0 saturated carbocycles. The zero-order chi connectivity index (χ0) is 17.3. The number of fused-ring (bicyclic) bond motifs is 1. The summed E-state index contributed by atoms with van der Waals surface area (Å²) in [7, 11) is 0. The summed E-state index contributed by atoms with van der Waals surface area (Å²) in [5.74, 6) is -2.25. The van der Waals surface area contributed by atoms with Crippen LogP contribution in [-0.4, -0.2) is 24.4 Å². The standard InChI is InChI=1S/C18H16F2N2O2/c1-11-10-22(16-8-3-2-5-12(16)18(24)21-11)17(23)9-13-14(19)6-4-7-15(13)20/h2-8,11H,9-10H2,1H3,(H,21,24). The number of nitrogens with one attached hydrogen (secondary N) is 1. The highest BCUT2D eigenvalue weighted by Gasteiger charge is 2.28. The summed E-state index contributed by atoms with van der Waals surface area (Å²) in [6.45, 7) is 2.01. The van der Waals surface area contributed by atoms with Crippen molar-refractivity contribution >= 4 is 17.5 Å². The Bertz CT molecular complexity index is 787. The SMILES string of the molecule is CC1CN(C(=O)Cc2c(F)cccc2F)c2ccccc2C(=O)N1. The molecule has 24 heavy (non-hydrogen) atoms. The summed E-state index contributed by atoms with van der Waals surface area (Å²) in [6, 6.07) is 9.91. The van der Waals surface area contributed by atoms with Crippen LogP contribution >= 0.6 is 0 Å². The number of benzene rings is 2. The van der Waals surface area contributed by atoms with Crippen LogP contribution in [0.4, 0.5) is 14.5 Å². The second-order valence-electron chi connectivity index (χ2n) is 5.77. The molecule has 1 aliphatic rings. The number of carbonyl (C=O) groups excluding carboxylic acids is 2. The molecule has 6 heteroatoms. The molecular weight excluding hydrogens is 314 g/mol. The van der Waals surface area contributed by atoms with Crippen LogP contribution < -0.4 is 10.2 Å². The van der Waals surface area contributed by atoms with E-state index in [2.05, 4.69) is 5.32 Å². The number of hydrogen-bond donors (Lipinski definition) is 1. The molecule has 0 radical (unpaired) electrons. The normalized spacial score (nSPS) is 17.0. The maximum Gasteiger partial charge on any atom is 0.253 e. The summed E-state index contributed by atoms with van der Waals surface area (Å²) in [6.07, 6.45) is -0.409. The van der Waals surface area contributed by atoms with E-state index >= 15 is 0 Å². The second kappa shape index (κ2) is 6.39. The predicted octanol–water partition coefficient (Wildman–Crippen LogP) is 2.67. The molecule has 3 rings (SSSR count). The molecule has 124 valence electrons. The first-order valence-corrected chi connectivity index (χ1v) is 7.60. The van der Waals surface area contributed by atoms with Crippen LogP contribution in [0.2, 0.25) is 0 Å².